The first kappa shape index (κ1) is 22.9. The third kappa shape index (κ3) is 4.28. The number of methoxy groups -OCH3 is 1. The largest absolute Gasteiger partial charge is 0.491 e. The van der Waals surface area contributed by atoms with E-state index in [4.69, 9.17) is 14.2 Å². The summed E-state index contributed by atoms with van der Waals surface area (Å²) in [5.41, 5.74) is 4.15. The van der Waals surface area contributed by atoms with Gasteiger partial charge in [-0.15, -0.1) is 11.8 Å². The molecule has 1 saturated heterocycles. The summed E-state index contributed by atoms with van der Waals surface area (Å²) in [6.45, 7) is 2.30. The minimum atomic E-state index is -0.381. The van der Waals surface area contributed by atoms with E-state index < -0.39 is 0 Å². The van der Waals surface area contributed by atoms with Gasteiger partial charge in [-0.2, -0.15) is 0 Å². The number of ether oxygens (including phenoxy) is 3. The van der Waals surface area contributed by atoms with Gasteiger partial charge < -0.3 is 24.8 Å². The Bertz CT molecular complexity index is 1350. The Kier molecular flexibility index (Phi) is 6.02. The number of nitrogens with one attached hydrogen (secondary N) is 2. The zero-order chi connectivity index (χ0) is 24.6. The third-order valence-electron chi connectivity index (χ3n) is 6.57. The maximum Gasteiger partial charge on any atom is 0.414 e. The van der Waals surface area contributed by atoms with Crippen LogP contribution in [0.15, 0.2) is 41.4 Å². The van der Waals surface area contributed by atoms with Crippen LogP contribution in [0, 0.1) is 0 Å². The van der Waals surface area contributed by atoms with Gasteiger partial charge in [0.25, 0.3) is 0 Å². The first-order valence-electron chi connectivity index (χ1n) is 11.8. The van der Waals surface area contributed by atoms with Gasteiger partial charge in [-0.3, -0.25) is 14.7 Å². The number of anilines is 2. The van der Waals surface area contributed by atoms with Crippen molar-refractivity contribution in [3.8, 4) is 11.6 Å². The van der Waals surface area contributed by atoms with Gasteiger partial charge in [-0.25, -0.2) is 9.78 Å². The van der Waals surface area contributed by atoms with Crippen molar-refractivity contribution in [1.82, 2.24) is 15.3 Å². The Morgan fingerprint density at radius 2 is 2.19 bits per heavy atom. The highest BCUT2D eigenvalue weighted by molar-refractivity contribution is 8.00. The monoisotopic (exact) mass is 507 g/mol. The number of hydrogen-bond acceptors (Lipinski definition) is 9. The van der Waals surface area contributed by atoms with Crippen LogP contribution in [0.2, 0.25) is 0 Å². The van der Waals surface area contributed by atoms with Crippen molar-refractivity contribution < 1.29 is 23.8 Å². The van der Waals surface area contributed by atoms with Crippen LogP contribution in [0.25, 0.3) is 11.0 Å². The minimum Gasteiger partial charge on any atom is -0.491 e. The SMILES string of the molecule is COc1ccc2ncc3c(c2n1)[C@@H](CCNCC1CN(c2ccc4c(c2)NC(=O)CS4)C(=O)O1)CO3. The summed E-state index contributed by atoms with van der Waals surface area (Å²) in [6, 6.07) is 9.36. The second-order valence-corrected chi connectivity index (χ2v) is 9.91. The van der Waals surface area contributed by atoms with Crippen LogP contribution in [-0.2, 0) is 9.53 Å². The number of benzene rings is 1. The standard InChI is InChI=1S/C25H25N5O5S/c1-33-22-5-3-17-24(29-22)23-14(12-34-19(23)10-27-17)6-7-26-9-16-11-30(25(32)35-16)15-2-4-20-18(8-15)28-21(31)13-36-20/h2-5,8,10,14,16,26H,6-7,9,11-13H2,1H3,(H,28,31)/t14-,16?/m0/s1. The van der Waals surface area contributed by atoms with Gasteiger partial charge >= 0.3 is 6.09 Å². The van der Waals surface area contributed by atoms with Gasteiger partial charge in [0, 0.05) is 34.7 Å². The number of rotatable bonds is 7. The summed E-state index contributed by atoms with van der Waals surface area (Å²) < 4.78 is 16.7. The summed E-state index contributed by atoms with van der Waals surface area (Å²) in [5, 5.41) is 6.29. The van der Waals surface area contributed by atoms with Crippen molar-refractivity contribution in [2.45, 2.75) is 23.3 Å². The molecule has 6 rings (SSSR count). The lowest BCUT2D eigenvalue weighted by Crippen LogP contribution is -2.32. The van der Waals surface area contributed by atoms with Gasteiger partial charge in [-0.05, 0) is 37.2 Å². The predicted molar refractivity (Wildman–Crippen MR) is 135 cm³/mol. The van der Waals surface area contributed by atoms with Crippen molar-refractivity contribution in [3.05, 3.63) is 42.1 Å². The number of nitrogens with zero attached hydrogens (tertiary/aromatic N) is 3. The molecule has 2 N–H and O–H groups in total. The number of hydrogen-bond donors (Lipinski definition) is 2. The normalized spacial score (nSPS) is 20.5. The Hall–Kier alpha value is -3.57. The Morgan fingerprint density at radius 3 is 3.08 bits per heavy atom. The molecule has 2 atom stereocenters. The van der Waals surface area contributed by atoms with Gasteiger partial charge in [0.1, 0.15) is 17.4 Å². The Balaban J connectivity index is 1.05. The fourth-order valence-electron chi connectivity index (χ4n) is 4.79. The van der Waals surface area contributed by atoms with E-state index >= 15 is 0 Å². The van der Waals surface area contributed by atoms with Crippen molar-refractivity contribution in [3.63, 3.8) is 0 Å². The Labute approximate surface area is 211 Å². The van der Waals surface area contributed by atoms with Crippen molar-refractivity contribution in [2.24, 2.45) is 0 Å². The number of aromatic nitrogens is 2. The summed E-state index contributed by atoms with van der Waals surface area (Å²) >= 11 is 1.49. The number of pyridine rings is 2. The molecule has 10 nitrogen and oxygen atoms in total. The molecule has 1 unspecified atom stereocenters. The molecule has 0 aliphatic carbocycles. The maximum atomic E-state index is 12.5. The lowest BCUT2D eigenvalue weighted by atomic mass is 9.97. The van der Waals surface area contributed by atoms with Crippen molar-refractivity contribution in [2.75, 3.05) is 49.3 Å². The molecule has 0 bridgehead atoms. The van der Waals surface area contributed by atoms with E-state index in [0.29, 0.717) is 37.0 Å². The fourth-order valence-corrected chi connectivity index (χ4v) is 5.58. The number of carbonyl (C=O) groups excluding carboxylic acids is 2. The summed E-state index contributed by atoms with van der Waals surface area (Å²) in [4.78, 5) is 35.9. The molecule has 1 aromatic carbocycles. The molecule has 36 heavy (non-hydrogen) atoms. The number of fused-ring (bicyclic) bond motifs is 4. The maximum absolute atomic E-state index is 12.5. The number of cyclic esters (lactones) is 1. The molecule has 2 aromatic heterocycles. The number of carbonyl (C=O) groups is 2. The molecule has 1 fully saturated rings. The van der Waals surface area contributed by atoms with Gasteiger partial charge in [0.2, 0.25) is 11.8 Å². The van der Waals surface area contributed by atoms with E-state index in [1.54, 1.807) is 24.3 Å². The van der Waals surface area contributed by atoms with E-state index in [1.165, 1.54) is 11.8 Å². The van der Waals surface area contributed by atoms with Gasteiger partial charge in [0.15, 0.2) is 0 Å². The lowest BCUT2D eigenvalue weighted by Gasteiger charge is -2.20. The highest BCUT2D eigenvalue weighted by Gasteiger charge is 2.33. The van der Waals surface area contributed by atoms with Gasteiger partial charge in [-0.1, -0.05) is 0 Å². The lowest BCUT2D eigenvalue weighted by molar-refractivity contribution is -0.113. The summed E-state index contributed by atoms with van der Waals surface area (Å²) in [7, 11) is 1.60. The molecule has 11 heteroatoms. The highest BCUT2D eigenvalue weighted by Crippen LogP contribution is 2.40. The highest BCUT2D eigenvalue weighted by atomic mass is 32.2. The van der Waals surface area contributed by atoms with Crippen LogP contribution in [0.3, 0.4) is 0 Å². The molecule has 2 amide bonds. The molecule has 3 aromatic rings. The second-order valence-electron chi connectivity index (χ2n) is 8.89. The topological polar surface area (TPSA) is 115 Å². The van der Waals surface area contributed by atoms with E-state index in [2.05, 4.69) is 20.6 Å². The zero-order valence-corrected chi connectivity index (χ0v) is 20.5. The van der Waals surface area contributed by atoms with Crippen molar-refractivity contribution >= 4 is 46.2 Å². The summed E-state index contributed by atoms with van der Waals surface area (Å²) in [6.07, 6.45) is 1.96. The molecule has 0 saturated carbocycles. The van der Waals surface area contributed by atoms with Crippen LogP contribution < -0.4 is 25.0 Å². The molecule has 186 valence electrons. The third-order valence-corrected chi connectivity index (χ3v) is 7.64. The molecule has 5 heterocycles. The molecule has 3 aliphatic heterocycles. The second kappa shape index (κ2) is 9.47. The van der Waals surface area contributed by atoms with E-state index in [9.17, 15) is 9.59 Å². The quantitative estimate of drug-likeness (QED) is 0.465. The fraction of sp³-hybridized carbons (Fsp3) is 0.360. The Morgan fingerprint density at radius 1 is 1.28 bits per heavy atom. The smallest absolute Gasteiger partial charge is 0.414 e. The molecule has 3 aliphatic rings. The number of amides is 2. The molecular weight excluding hydrogens is 482 g/mol. The average molecular weight is 508 g/mol. The van der Waals surface area contributed by atoms with Crippen LogP contribution in [0.1, 0.15) is 17.9 Å². The first-order valence-corrected chi connectivity index (χ1v) is 12.8. The summed E-state index contributed by atoms with van der Waals surface area (Å²) in [5.74, 6) is 1.87. The average Bonchev–Trinajstić information content (AvgIpc) is 3.49. The van der Waals surface area contributed by atoms with Crippen LogP contribution in [0.5, 0.6) is 11.6 Å². The van der Waals surface area contributed by atoms with Crippen molar-refractivity contribution in [1.29, 1.82) is 0 Å². The van der Waals surface area contributed by atoms with E-state index in [1.807, 2.05) is 24.3 Å². The van der Waals surface area contributed by atoms with Gasteiger partial charge in [0.05, 0.1) is 43.4 Å². The molecule has 0 radical (unpaired) electrons. The predicted octanol–water partition coefficient (Wildman–Crippen LogP) is 3.16. The van der Waals surface area contributed by atoms with E-state index in [-0.39, 0.29) is 24.0 Å². The minimum absolute atomic E-state index is 0.0369. The first-order chi connectivity index (χ1) is 17.6. The molecular formula is C25H25N5O5S. The van der Waals surface area contributed by atoms with E-state index in [0.717, 1.165) is 45.9 Å². The van der Waals surface area contributed by atoms with Crippen LogP contribution >= 0.6 is 11.8 Å². The molecule has 0 spiro atoms. The zero-order valence-electron chi connectivity index (χ0n) is 19.7. The number of thioether (sulfide) groups is 1. The van der Waals surface area contributed by atoms with Crippen LogP contribution in [0.4, 0.5) is 16.2 Å². The van der Waals surface area contributed by atoms with Crippen LogP contribution in [-0.4, -0.2) is 67.2 Å².